The highest BCUT2D eigenvalue weighted by molar-refractivity contribution is 6.00. The molecule has 0 aliphatic heterocycles. The molecule has 15 heteroatoms. The van der Waals surface area contributed by atoms with Crippen LogP contribution < -0.4 is 31.9 Å². The van der Waals surface area contributed by atoms with E-state index in [0.29, 0.717) is 35.7 Å². The standard InChI is InChI=1S/C50H63N7O8/c1-32(2)47(62)42(29-36-17-15-33(3)16-18-36)55-49(64)43(27-34(4)28-46(60)61)56-48(63)41(14-8-9-26-52-44(58)24-21-38-12-10-25-51-31-38)54-45(59)30-37-19-22-39(23-20-37)53-50(65)57-40-13-7-6-11-35(40)5/h6-7,10-13,15,17-25,31-34,41-43H,8-9,14,16,26-30H2,1-5H3,(H,52,58)(H,54,59)(H,55,64)(H,56,63)(H,60,61)(H2,53,57,65)/b24-21+/t33?,34?,41-,42-,43-/m0/s1. The average molecular weight is 890 g/mol. The van der Waals surface area contributed by atoms with E-state index < -0.39 is 59.7 Å². The predicted octanol–water partition coefficient (Wildman–Crippen LogP) is 6.67. The molecule has 15 nitrogen and oxygen atoms in total. The summed E-state index contributed by atoms with van der Waals surface area (Å²) in [4.78, 5) is 96.1. The van der Waals surface area contributed by atoms with Gasteiger partial charge in [-0.1, -0.05) is 82.3 Å². The third kappa shape index (κ3) is 18.4. The summed E-state index contributed by atoms with van der Waals surface area (Å²) in [7, 11) is 0. The van der Waals surface area contributed by atoms with Gasteiger partial charge in [-0.25, -0.2) is 4.79 Å². The Kier molecular flexibility index (Phi) is 20.3. The van der Waals surface area contributed by atoms with E-state index in [0.717, 1.165) is 23.1 Å². The largest absolute Gasteiger partial charge is 0.481 e. The molecule has 0 saturated carbocycles. The number of benzene rings is 2. The fraction of sp³-hybridized carbons (Fsp3) is 0.400. The first-order chi connectivity index (χ1) is 31.1. The number of ketones is 1. The summed E-state index contributed by atoms with van der Waals surface area (Å²) in [5, 5.41) is 26.4. The minimum absolute atomic E-state index is 0.0464. The van der Waals surface area contributed by atoms with E-state index in [1.807, 2.05) is 43.3 Å². The topological polar surface area (TPSA) is 225 Å². The lowest BCUT2D eigenvalue weighted by molar-refractivity contribution is -0.138. The maximum absolute atomic E-state index is 14.2. The number of unbranched alkanes of at least 4 members (excludes halogenated alkanes) is 1. The molecule has 0 bridgehead atoms. The Hall–Kier alpha value is -6.90. The number of carboxylic acids is 1. The van der Waals surface area contributed by atoms with Crippen LogP contribution in [0.2, 0.25) is 0 Å². The Morgan fingerprint density at radius 1 is 0.846 bits per heavy atom. The maximum atomic E-state index is 14.2. The quantitative estimate of drug-likeness (QED) is 0.0376. The van der Waals surface area contributed by atoms with Gasteiger partial charge in [0.05, 0.1) is 12.5 Å². The number of amides is 6. The van der Waals surface area contributed by atoms with Gasteiger partial charge in [-0.15, -0.1) is 0 Å². The summed E-state index contributed by atoms with van der Waals surface area (Å²) in [6.45, 7) is 9.41. The van der Waals surface area contributed by atoms with E-state index in [2.05, 4.69) is 49.9 Å². The smallest absolute Gasteiger partial charge is 0.323 e. The number of carbonyl (C=O) groups excluding carboxylic acids is 6. The van der Waals surface area contributed by atoms with Crippen LogP contribution in [-0.2, 0) is 35.2 Å². The Bertz CT molecular complexity index is 2200. The van der Waals surface area contributed by atoms with E-state index in [1.54, 1.807) is 75.6 Å². The minimum Gasteiger partial charge on any atom is -0.481 e. The van der Waals surface area contributed by atoms with Gasteiger partial charge in [0.2, 0.25) is 23.6 Å². The summed E-state index contributed by atoms with van der Waals surface area (Å²) >= 11 is 0. The van der Waals surface area contributed by atoms with Crippen LogP contribution >= 0.6 is 0 Å². The van der Waals surface area contributed by atoms with E-state index >= 15 is 0 Å². The summed E-state index contributed by atoms with van der Waals surface area (Å²) < 4.78 is 0. The zero-order valence-corrected chi connectivity index (χ0v) is 37.9. The number of nitrogens with one attached hydrogen (secondary N) is 6. The lowest BCUT2D eigenvalue weighted by Gasteiger charge is -2.28. The predicted molar refractivity (Wildman–Crippen MR) is 251 cm³/mol. The molecule has 2 unspecified atom stereocenters. The summed E-state index contributed by atoms with van der Waals surface area (Å²) in [5.74, 6) is -3.94. The van der Waals surface area contributed by atoms with E-state index in [1.165, 1.54) is 6.08 Å². The van der Waals surface area contributed by atoms with Crippen LogP contribution in [0.1, 0.15) is 89.3 Å². The highest BCUT2D eigenvalue weighted by atomic mass is 16.4. The van der Waals surface area contributed by atoms with Crippen molar-refractivity contribution in [3.63, 3.8) is 0 Å². The number of hydrogen-bond donors (Lipinski definition) is 7. The first-order valence-corrected chi connectivity index (χ1v) is 22.2. The van der Waals surface area contributed by atoms with Gasteiger partial charge in [-0.2, -0.15) is 0 Å². The second kappa shape index (κ2) is 26.0. The number of rotatable bonds is 24. The van der Waals surface area contributed by atoms with Crippen molar-refractivity contribution in [2.24, 2.45) is 17.8 Å². The Morgan fingerprint density at radius 3 is 2.23 bits per heavy atom. The molecule has 0 spiro atoms. The van der Waals surface area contributed by atoms with Crippen LogP contribution in [0.5, 0.6) is 0 Å². The van der Waals surface area contributed by atoms with Gasteiger partial charge < -0.3 is 37.0 Å². The van der Waals surface area contributed by atoms with Gasteiger partial charge in [0.25, 0.3) is 0 Å². The van der Waals surface area contributed by atoms with Gasteiger partial charge in [0.1, 0.15) is 12.1 Å². The zero-order chi connectivity index (χ0) is 47.3. The highest BCUT2D eigenvalue weighted by Gasteiger charge is 2.32. The van der Waals surface area contributed by atoms with E-state index in [-0.39, 0.29) is 50.3 Å². The molecule has 1 aliphatic rings. The summed E-state index contributed by atoms with van der Waals surface area (Å²) in [6, 6.07) is 14.0. The van der Waals surface area contributed by atoms with Crippen molar-refractivity contribution in [3.05, 3.63) is 120 Å². The van der Waals surface area contributed by atoms with Crippen molar-refractivity contribution in [2.75, 3.05) is 17.2 Å². The van der Waals surface area contributed by atoms with Crippen molar-refractivity contribution < 1.29 is 38.7 Å². The first kappa shape index (κ1) is 50.7. The molecule has 0 fully saturated rings. The Morgan fingerprint density at radius 2 is 1.57 bits per heavy atom. The van der Waals surface area contributed by atoms with Gasteiger partial charge in [0, 0.05) is 48.7 Å². The third-order valence-electron chi connectivity index (χ3n) is 10.8. The first-order valence-electron chi connectivity index (χ1n) is 22.2. The molecule has 65 heavy (non-hydrogen) atoms. The Balaban J connectivity index is 1.47. The van der Waals surface area contributed by atoms with Gasteiger partial charge >= 0.3 is 12.0 Å². The molecule has 346 valence electrons. The number of carbonyl (C=O) groups is 7. The van der Waals surface area contributed by atoms with Crippen molar-refractivity contribution in [1.29, 1.82) is 0 Å². The van der Waals surface area contributed by atoms with Crippen LogP contribution in [0.15, 0.2) is 103 Å². The molecule has 1 aromatic heterocycles. The average Bonchev–Trinajstić information content (AvgIpc) is 3.26. The number of aliphatic carboxylic acids is 1. The monoisotopic (exact) mass is 889 g/mol. The molecule has 3 aromatic rings. The number of para-hydroxylation sites is 1. The van der Waals surface area contributed by atoms with Crippen molar-refractivity contribution >= 4 is 58.9 Å². The number of carboxylic acid groups (broad SMARTS) is 1. The van der Waals surface area contributed by atoms with Crippen LogP contribution in [0, 0.1) is 24.7 Å². The SMILES string of the molecule is Cc1ccccc1NC(=O)Nc1ccc(CC(=O)N[C@@H](CCCCNC(=O)/C=C/c2cccnc2)C(=O)N[C@@H](CC(C)CC(=O)O)C(=O)N[C@@H](CC2=CCC(C)C=C2)C(=O)C(C)C)cc1. The lowest BCUT2D eigenvalue weighted by atomic mass is 9.90. The zero-order valence-electron chi connectivity index (χ0n) is 37.9. The maximum Gasteiger partial charge on any atom is 0.323 e. The number of aryl methyl sites for hydroxylation is 1. The van der Waals surface area contributed by atoms with Crippen LogP contribution in [-0.4, -0.2) is 76.2 Å². The molecular weight excluding hydrogens is 827 g/mol. The number of Topliss-reactive ketones (excluding diaryl/α,β-unsaturated/α-hetero) is 1. The molecule has 0 radical (unpaired) electrons. The number of urea groups is 1. The van der Waals surface area contributed by atoms with E-state index in [4.69, 9.17) is 0 Å². The molecule has 2 aromatic carbocycles. The second-order valence-corrected chi connectivity index (χ2v) is 17.0. The molecule has 4 rings (SSSR count). The normalized spacial score (nSPS) is 15.2. The number of nitrogens with zero attached hydrogens (tertiary/aromatic N) is 1. The number of aromatic nitrogens is 1. The number of hydrogen-bond acceptors (Lipinski definition) is 8. The van der Waals surface area contributed by atoms with Crippen molar-refractivity contribution in [1.82, 2.24) is 26.3 Å². The molecule has 6 amide bonds. The second-order valence-electron chi connectivity index (χ2n) is 17.0. The third-order valence-corrected chi connectivity index (χ3v) is 10.8. The van der Waals surface area contributed by atoms with Gasteiger partial charge in [-0.05, 0) is 110 Å². The highest BCUT2D eigenvalue weighted by Crippen LogP contribution is 2.22. The summed E-state index contributed by atoms with van der Waals surface area (Å²) in [5.41, 5.74) is 4.34. The van der Waals surface area contributed by atoms with Crippen LogP contribution in [0.4, 0.5) is 16.2 Å². The van der Waals surface area contributed by atoms with Crippen LogP contribution in [0.3, 0.4) is 0 Å². The summed E-state index contributed by atoms with van der Waals surface area (Å²) in [6.07, 6.45) is 14.0. The molecule has 1 heterocycles. The molecular formula is C50H63N7O8. The van der Waals surface area contributed by atoms with Gasteiger partial charge in [-0.3, -0.25) is 33.8 Å². The molecule has 5 atom stereocenters. The fourth-order valence-electron chi connectivity index (χ4n) is 7.14. The molecule has 0 saturated heterocycles. The number of allylic oxidation sites excluding steroid dienone is 3. The van der Waals surface area contributed by atoms with E-state index in [9.17, 15) is 38.7 Å². The minimum atomic E-state index is -1.23. The molecule has 7 N–H and O–H groups in total. The van der Waals surface area contributed by atoms with Crippen molar-refractivity contribution in [2.45, 2.75) is 104 Å². The van der Waals surface area contributed by atoms with Crippen LogP contribution in [0.25, 0.3) is 6.08 Å². The van der Waals surface area contributed by atoms with Crippen molar-refractivity contribution in [3.8, 4) is 0 Å². The fourth-order valence-corrected chi connectivity index (χ4v) is 7.14. The number of pyridine rings is 1. The lowest BCUT2D eigenvalue weighted by Crippen LogP contribution is -2.56. The number of anilines is 2. The van der Waals surface area contributed by atoms with Gasteiger partial charge in [0.15, 0.2) is 5.78 Å². The molecule has 1 aliphatic carbocycles. The Labute approximate surface area is 381 Å².